The summed E-state index contributed by atoms with van der Waals surface area (Å²) in [7, 11) is 4.18. The maximum absolute atomic E-state index is 2.52. The number of hydrogen-bond acceptors (Lipinski definition) is 1. The van der Waals surface area contributed by atoms with E-state index in [0.717, 1.165) is 6.42 Å². The molecule has 0 atom stereocenters. The fraction of sp³-hybridized carbons (Fsp3) is 0.667. The third kappa shape index (κ3) is 11.9. The fourth-order valence-electron chi connectivity index (χ4n) is 3.52. The van der Waals surface area contributed by atoms with Gasteiger partial charge in [-0.05, 0) is 91.2 Å². The monoisotopic (exact) mass is 343 g/mol. The Morgan fingerprint density at radius 3 is 1.84 bits per heavy atom. The Morgan fingerprint density at radius 2 is 1.28 bits per heavy atom. The van der Waals surface area contributed by atoms with E-state index in [1.165, 1.54) is 75.4 Å². The van der Waals surface area contributed by atoms with E-state index < -0.39 is 0 Å². The number of allylic oxidation sites excluding steroid dienone is 7. The van der Waals surface area contributed by atoms with Gasteiger partial charge >= 0.3 is 0 Å². The van der Waals surface area contributed by atoms with Crippen molar-refractivity contribution >= 4 is 0 Å². The molecule has 0 aromatic heterocycles. The number of nitrogens with zero attached hydrogens (tertiary/aromatic N) is 1. The van der Waals surface area contributed by atoms with Gasteiger partial charge in [-0.3, -0.25) is 0 Å². The predicted molar refractivity (Wildman–Crippen MR) is 114 cm³/mol. The van der Waals surface area contributed by atoms with E-state index in [-0.39, 0.29) is 0 Å². The Balaban J connectivity index is 2.20. The molecule has 0 unspecified atom stereocenters. The first-order chi connectivity index (χ1) is 12.0. The van der Waals surface area contributed by atoms with Crippen LogP contribution in [0.1, 0.15) is 91.4 Å². The van der Waals surface area contributed by atoms with E-state index >= 15 is 0 Å². The van der Waals surface area contributed by atoms with Crippen LogP contribution in [0.3, 0.4) is 0 Å². The van der Waals surface area contributed by atoms with E-state index in [4.69, 9.17) is 0 Å². The highest BCUT2D eigenvalue weighted by molar-refractivity contribution is 5.08. The molecule has 0 aliphatic heterocycles. The molecular formula is C24H41N. The molecule has 1 aliphatic carbocycles. The summed E-state index contributed by atoms with van der Waals surface area (Å²) < 4.78 is 0. The first-order valence-electron chi connectivity index (χ1n) is 10.3. The van der Waals surface area contributed by atoms with Crippen LogP contribution in [0, 0.1) is 0 Å². The van der Waals surface area contributed by atoms with Crippen LogP contribution in [-0.2, 0) is 0 Å². The summed E-state index contributed by atoms with van der Waals surface area (Å²) in [6.07, 6.45) is 23.8. The highest BCUT2D eigenvalue weighted by atomic mass is 15.0. The van der Waals surface area contributed by atoms with Gasteiger partial charge in [-0.2, -0.15) is 0 Å². The second-order valence-corrected chi connectivity index (χ2v) is 8.08. The van der Waals surface area contributed by atoms with Crippen molar-refractivity contribution < 1.29 is 0 Å². The normalized spacial score (nSPS) is 17.0. The van der Waals surface area contributed by atoms with Crippen LogP contribution in [0.15, 0.2) is 46.7 Å². The zero-order chi connectivity index (χ0) is 18.5. The zero-order valence-corrected chi connectivity index (χ0v) is 17.5. The Bertz CT molecular complexity index is 480. The highest BCUT2D eigenvalue weighted by Crippen LogP contribution is 2.23. The van der Waals surface area contributed by atoms with Crippen LogP contribution < -0.4 is 0 Å². The minimum Gasteiger partial charge on any atom is -0.384 e. The maximum atomic E-state index is 2.52. The van der Waals surface area contributed by atoms with Gasteiger partial charge in [0.1, 0.15) is 0 Å². The molecule has 0 aromatic carbocycles. The van der Waals surface area contributed by atoms with Crippen LogP contribution in [0.5, 0.6) is 0 Å². The number of rotatable bonds is 10. The van der Waals surface area contributed by atoms with Crippen LogP contribution in [0.25, 0.3) is 0 Å². The standard InChI is InChI=1S/C24H41N/c1-21(14-10-16-23(3)20-25(4)5)12-9-13-22(2)15-11-19-24-17-7-6-8-18-24/h13-14,19-20H,6-12,15-18H2,1-5H3/b21-14+,22-13+,23-20+. The molecule has 0 spiro atoms. The minimum atomic E-state index is 1.16. The first kappa shape index (κ1) is 21.8. The van der Waals surface area contributed by atoms with Gasteiger partial charge in [0.25, 0.3) is 0 Å². The lowest BCUT2D eigenvalue weighted by Gasteiger charge is -2.13. The van der Waals surface area contributed by atoms with Crippen LogP contribution in [0.4, 0.5) is 0 Å². The molecule has 1 aliphatic rings. The minimum absolute atomic E-state index is 1.16. The van der Waals surface area contributed by atoms with Crippen molar-refractivity contribution in [3.63, 3.8) is 0 Å². The van der Waals surface area contributed by atoms with Crippen molar-refractivity contribution in [2.75, 3.05) is 14.1 Å². The van der Waals surface area contributed by atoms with Crippen LogP contribution >= 0.6 is 0 Å². The molecule has 1 heteroatoms. The molecule has 142 valence electrons. The molecule has 0 N–H and O–H groups in total. The van der Waals surface area contributed by atoms with E-state index in [1.807, 2.05) is 0 Å². The van der Waals surface area contributed by atoms with Gasteiger partial charge in [-0.25, -0.2) is 0 Å². The Labute approximate surface area is 157 Å². The summed E-state index contributed by atoms with van der Waals surface area (Å²) in [5.74, 6) is 0. The van der Waals surface area contributed by atoms with Crippen molar-refractivity contribution in [2.24, 2.45) is 0 Å². The molecule has 0 aromatic rings. The summed E-state index contributed by atoms with van der Waals surface area (Å²) in [4.78, 5) is 2.13. The average molecular weight is 344 g/mol. The third-order valence-corrected chi connectivity index (χ3v) is 5.01. The molecule has 1 saturated carbocycles. The van der Waals surface area contributed by atoms with Crippen molar-refractivity contribution in [3.8, 4) is 0 Å². The Hall–Kier alpha value is -1.24. The molecule has 1 fully saturated rings. The third-order valence-electron chi connectivity index (χ3n) is 5.01. The SMILES string of the molecule is C/C(=C\CC/C(C)=C/CC/C(C)=C/N(C)C)CCC=C1CCCCC1. The topological polar surface area (TPSA) is 3.24 Å². The van der Waals surface area contributed by atoms with Gasteiger partial charge in [0.15, 0.2) is 0 Å². The molecule has 0 heterocycles. The highest BCUT2D eigenvalue weighted by Gasteiger charge is 2.04. The van der Waals surface area contributed by atoms with Gasteiger partial charge < -0.3 is 4.90 Å². The number of hydrogen-bond donors (Lipinski definition) is 0. The van der Waals surface area contributed by atoms with E-state index in [0.29, 0.717) is 0 Å². The van der Waals surface area contributed by atoms with E-state index in [1.54, 1.807) is 11.1 Å². The van der Waals surface area contributed by atoms with Crippen LogP contribution in [-0.4, -0.2) is 19.0 Å². The van der Waals surface area contributed by atoms with Gasteiger partial charge in [0.2, 0.25) is 0 Å². The van der Waals surface area contributed by atoms with Crippen LogP contribution in [0.2, 0.25) is 0 Å². The fourth-order valence-corrected chi connectivity index (χ4v) is 3.52. The lowest BCUT2D eigenvalue weighted by molar-refractivity contribution is 0.555. The van der Waals surface area contributed by atoms with E-state index in [9.17, 15) is 0 Å². The molecule has 0 radical (unpaired) electrons. The van der Waals surface area contributed by atoms with Crippen molar-refractivity contribution in [1.29, 1.82) is 0 Å². The smallest absolute Gasteiger partial charge is 0.00556 e. The molecule has 0 bridgehead atoms. The summed E-state index contributed by atoms with van der Waals surface area (Å²) in [5, 5.41) is 0. The summed E-state index contributed by atoms with van der Waals surface area (Å²) in [5.41, 5.74) is 6.27. The molecule has 0 amide bonds. The second kappa shape index (κ2) is 13.0. The van der Waals surface area contributed by atoms with Crippen molar-refractivity contribution in [3.05, 3.63) is 46.7 Å². The molecule has 25 heavy (non-hydrogen) atoms. The summed E-state index contributed by atoms with van der Waals surface area (Å²) >= 11 is 0. The Kier molecular flexibility index (Phi) is 11.4. The summed E-state index contributed by atoms with van der Waals surface area (Å²) in [6.45, 7) is 6.80. The Morgan fingerprint density at radius 1 is 0.760 bits per heavy atom. The largest absolute Gasteiger partial charge is 0.384 e. The van der Waals surface area contributed by atoms with E-state index in [2.05, 4.69) is 64.2 Å². The first-order valence-corrected chi connectivity index (χ1v) is 10.3. The zero-order valence-electron chi connectivity index (χ0n) is 17.5. The van der Waals surface area contributed by atoms with Gasteiger partial charge in [0, 0.05) is 14.1 Å². The molecule has 1 rings (SSSR count). The molecule has 0 saturated heterocycles. The molecular weight excluding hydrogens is 302 g/mol. The van der Waals surface area contributed by atoms with Gasteiger partial charge in [-0.15, -0.1) is 0 Å². The lowest BCUT2D eigenvalue weighted by Crippen LogP contribution is -2.01. The van der Waals surface area contributed by atoms with Gasteiger partial charge in [0.05, 0.1) is 0 Å². The quantitative estimate of drug-likeness (QED) is 0.370. The van der Waals surface area contributed by atoms with Crippen molar-refractivity contribution in [2.45, 2.75) is 91.4 Å². The molecule has 1 nitrogen and oxygen atoms in total. The lowest BCUT2D eigenvalue weighted by atomic mass is 9.93. The second-order valence-electron chi connectivity index (χ2n) is 8.08. The summed E-state index contributed by atoms with van der Waals surface area (Å²) in [6, 6.07) is 0. The maximum Gasteiger partial charge on any atom is 0.00556 e. The predicted octanol–water partition coefficient (Wildman–Crippen LogP) is 7.58. The average Bonchev–Trinajstić information content (AvgIpc) is 2.55. The van der Waals surface area contributed by atoms with Crippen molar-refractivity contribution in [1.82, 2.24) is 4.90 Å². The van der Waals surface area contributed by atoms with Gasteiger partial charge in [-0.1, -0.05) is 46.9 Å².